The highest BCUT2D eigenvalue weighted by atomic mass is 35.5. The second kappa shape index (κ2) is 8.89. The third-order valence-corrected chi connectivity index (χ3v) is 6.54. The number of aromatic nitrogens is 1. The van der Waals surface area contributed by atoms with Gasteiger partial charge in [0.05, 0.1) is 17.3 Å². The largest absolute Gasteiger partial charge is 0.276 e. The summed E-state index contributed by atoms with van der Waals surface area (Å²) in [5, 5.41) is 7.93. The Hall–Kier alpha value is -2.95. The zero-order valence-electron chi connectivity index (χ0n) is 17.3. The minimum absolute atomic E-state index is 0.129. The Morgan fingerprint density at radius 3 is 2.41 bits per heavy atom. The van der Waals surface area contributed by atoms with Crippen molar-refractivity contribution in [3.8, 4) is 0 Å². The topological polar surface area (TPSA) is 45.6 Å². The molecular formula is C26H21Cl2N3O. The van der Waals surface area contributed by atoms with E-state index >= 15 is 0 Å². The molecule has 1 aliphatic heterocycles. The molecule has 6 heteroatoms. The maximum absolute atomic E-state index is 13.5. The molecule has 1 aliphatic carbocycles. The maximum Gasteiger partial charge on any atom is 0.276 e. The Bertz CT molecular complexity index is 1190. The van der Waals surface area contributed by atoms with E-state index in [2.05, 4.69) is 11.1 Å². The lowest BCUT2D eigenvalue weighted by Crippen LogP contribution is -2.32. The van der Waals surface area contributed by atoms with Gasteiger partial charge in [-0.1, -0.05) is 47.5 Å². The minimum Gasteiger partial charge on any atom is -0.267 e. The van der Waals surface area contributed by atoms with Crippen molar-refractivity contribution in [1.29, 1.82) is 0 Å². The Kier molecular flexibility index (Phi) is 5.81. The molecule has 3 aromatic rings. The Balaban J connectivity index is 1.57. The molecule has 1 aromatic heterocycles. The van der Waals surface area contributed by atoms with Crippen molar-refractivity contribution in [2.75, 3.05) is 0 Å². The van der Waals surface area contributed by atoms with E-state index in [1.165, 1.54) is 5.57 Å². The summed E-state index contributed by atoms with van der Waals surface area (Å²) in [7, 11) is 0. The van der Waals surface area contributed by atoms with Gasteiger partial charge < -0.3 is 0 Å². The lowest BCUT2D eigenvalue weighted by Gasteiger charge is -2.29. The van der Waals surface area contributed by atoms with Gasteiger partial charge in [-0.15, -0.1) is 0 Å². The summed E-state index contributed by atoms with van der Waals surface area (Å²) in [6, 6.07) is 18.9. The number of halogens is 2. The van der Waals surface area contributed by atoms with Crippen LogP contribution in [0.5, 0.6) is 0 Å². The van der Waals surface area contributed by atoms with Crippen LogP contribution < -0.4 is 0 Å². The van der Waals surface area contributed by atoms with Gasteiger partial charge >= 0.3 is 0 Å². The van der Waals surface area contributed by atoms with Crippen molar-refractivity contribution in [2.24, 2.45) is 11.0 Å². The first-order valence-electron chi connectivity index (χ1n) is 10.6. The number of amides is 1. The summed E-state index contributed by atoms with van der Waals surface area (Å²) >= 11 is 12.2. The zero-order chi connectivity index (χ0) is 22.1. The molecule has 0 spiro atoms. The van der Waals surface area contributed by atoms with Crippen LogP contribution in [0.2, 0.25) is 10.0 Å². The lowest BCUT2D eigenvalue weighted by atomic mass is 9.77. The van der Waals surface area contributed by atoms with Gasteiger partial charge in [-0.3, -0.25) is 9.78 Å². The Labute approximate surface area is 197 Å². The van der Waals surface area contributed by atoms with Gasteiger partial charge in [0, 0.05) is 28.4 Å². The smallest absolute Gasteiger partial charge is 0.267 e. The molecule has 2 aromatic carbocycles. The first-order chi connectivity index (χ1) is 15.6. The average molecular weight is 462 g/mol. The van der Waals surface area contributed by atoms with E-state index in [9.17, 15) is 4.79 Å². The lowest BCUT2D eigenvalue weighted by molar-refractivity contribution is 0.0680. The number of hydrogen-bond donors (Lipinski definition) is 0. The monoisotopic (exact) mass is 461 g/mol. The molecule has 4 nitrogen and oxygen atoms in total. The summed E-state index contributed by atoms with van der Waals surface area (Å²) in [5.74, 6) is -0.0186. The number of carbonyl (C=O) groups excluding carboxylic acids is 1. The predicted molar refractivity (Wildman–Crippen MR) is 129 cm³/mol. The van der Waals surface area contributed by atoms with Crippen molar-refractivity contribution < 1.29 is 4.79 Å². The molecule has 0 saturated heterocycles. The highest BCUT2D eigenvalue weighted by Crippen LogP contribution is 2.45. The number of fused-ring (bicyclic) bond motifs is 1. The Morgan fingerprint density at radius 1 is 1.00 bits per heavy atom. The molecular weight excluding hydrogens is 441 g/mol. The highest BCUT2D eigenvalue weighted by Gasteiger charge is 2.43. The quantitative estimate of drug-likeness (QED) is 0.429. The van der Waals surface area contributed by atoms with E-state index in [4.69, 9.17) is 28.3 Å². The number of benzene rings is 2. The third kappa shape index (κ3) is 4.08. The van der Waals surface area contributed by atoms with Crippen LogP contribution >= 0.6 is 23.2 Å². The second-order valence-electron chi connectivity index (χ2n) is 8.09. The summed E-state index contributed by atoms with van der Waals surface area (Å²) in [6.07, 6.45) is 8.37. The molecule has 1 fully saturated rings. The first kappa shape index (κ1) is 20.9. The highest BCUT2D eigenvalue weighted by molar-refractivity contribution is 6.30. The number of pyridine rings is 1. The van der Waals surface area contributed by atoms with Gasteiger partial charge in [-0.2, -0.15) is 5.10 Å². The van der Waals surface area contributed by atoms with Crippen LogP contribution in [-0.2, 0) is 0 Å². The fourth-order valence-electron chi connectivity index (χ4n) is 4.54. The number of hydrazone groups is 1. The molecule has 1 saturated carbocycles. The number of rotatable bonds is 3. The summed E-state index contributed by atoms with van der Waals surface area (Å²) in [4.78, 5) is 17.6. The van der Waals surface area contributed by atoms with Crippen LogP contribution in [0.3, 0.4) is 0 Å². The van der Waals surface area contributed by atoms with Gasteiger partial charge in [0.1, 0.15) is 0 Å². The Morgan fingerprint density at radius 2 is 1.72 bits per heavy atom. The van der Waals surface area contributed by atoms with Crippen LogP contribution in [0.1, 0.15) is 46.8 Å². The van der Waals surface area contributed by atoms with Crippen molar-refractivity contribution in [1.82, 2.24) is 9.99 Å². The van der Waals surface area contributed by atoms with E-state index in [1.54, 1.807) is 29.5 Å². The van der Waals surface area contributed by atoms with Crippen LogP contribution in [-0.4, -0.2) is 21.6 Å². The molecule has 160 valence electrons. The fraction of sp³-hybridized carbons (Fsp3) is 0.192. The normalized spacial score (nSPS) is 21.4. The van der Waals surface area contributed by atoms with Gasteiger partial charge in [0.25, 0.3) is 5.91 Å². The zero-order valence-corrected chi connectivity index (χ0v) is 18.8. The summed E-state index contributed by atoms with van der Waals surface area (Å²) < 4.78 is 0. The summed E-state index contributed by atoms with van der Waals surface area (Å²) in [6.45, 7) is 0. The SMILES string of the molecule is O=C(c1cccnc1)N1N=C2/C(=C/c3ccc(Cl)cc3)CCCC2C1c1ccc(Cl)cc1. The summed E-state index contributed by atoms with van der Waals surface area (Å²) in [5.41, 5.74) is 4.79. The van der Waals surface area contributed by atoms with E-state index in [0.717, 1.165) is 36.1 Å². The second-order valence-corrected chi connectivity index (χ2v) is 8.97. The minimum atomic E-state index is -0.177. The van der Waals surface area contributed by atoms with Crippen molar-refractivity contribution >= 4 is 40.9 Å². The average Bonchev–Trinajstić information content (AvgIpc) is 3.22. The fourth-order valence-corrected chi connectivity index (χ4v) is 4.79. The molecule has 2 unspecified atom stereocenters. The van der Waals surface area contributed by atoms with Crippen molar-refractivity contribution in [3.05, 3.63) is 105 Å². The van der Waals surface area contributed by atoms with Crippen LogP contribution in [0, 0.1) is 5.92 Å². The van der Waals surface area contributed by atoms with Gasteiger partial charge in [-0.05, 0) is 78.4 Å². The molecule has 0 radical (unpaired) electrons. The van der Waals surface area contributed by atoms with Gasteiger partial charge in [-0.25, -0.2) is 5.01 Å². The molecule has 0 N–H and O–H groups in total. The molecule has 1 amide bonds. The number of hydrogen-bond acceptors (Lipinski definition) is 3. The van der Waals surface area contributed by atoms with E-state index in [1.807, 2.05) is 48.5 Å². The van der Waals surface area contributed by atoms with Crippen LogP contribution in [0.4, 0.5) is 0 Å². The molecule has 0 bridgehead atoms. The first-order valence-corrected chi connectivity index (χ1v) is 11.4. The number of carbonyl (C=O) groups is 1. The molecule has 5 rings (SSSR count). The molecule has 32 heavy (non-hydrogen) atoms. The van der Waals surface area contributed by atoms with E-state index in [0.29, 0.717) is 15.6 Å². The van der Waals surface area contributed by atoms with E-state index in [-0.39, 0.29) is 17.9 Å². The van der Waals surface area contributed by atoms with Crippen LogP contribution in [0.25, 0.3) is 6.08 Å². The predicted octanol–water partition coefficient (Wildman–Crippen LogP) is 6.83. The molecule has 2 heterocycles. The van der Waals surface area contributed by atoms with Gasteiger partial charge in [0.15, 0.2) is 0 Å². The number of allylic oxidation sites excluding steroid dienone is 1. The standard InChI is InChI=1S/C26H21Cl2N3O/c27-21-10-6-17(7-11-21)15-19-3-1-5-23-24(19)30-31(26(32)20-4-2-14-29-16-20)25(23)18-8-12-22(28)13-9-18/h2,4,6-16,23,25H,1,3,5H2/b19-15+. The van der Waals surface area contributed by atoms with Crippen molar-refractivity contribution in [2.45, 2.75) is 25.3 Å². The third-order valence-electron chi connectivity index (χ3n) is 6.04. The van der Waals surface area contributed by atoms with Crippen LogP contribution in [0.15, 0.2) is 83.7 Å². The molecule has 2 atom stereocenters. The van der Waals surface area contributed by atoms with Crippen molar-refractivity contribution in [3.63, 3.8) is 0 Å². The van der Waals surface area contributed by atoms with Gasteiger partial charge in [0.2, 0.25) is 0 Å². The maximum atomic E-state index is 13.5. The number of nitrogens with zero attached hydrogens (tertiary/aromatic N) is 3. The molecule has 2 aliphatic rings. The van der Waals surface area contributed by atoms with E-state index < -0.39 is 0 Å².